The number of rotatable bonds is 6. The van der Waals surface area contributed by atoms with Crippen LogP contribution in [0.3, 0.4) is 0 Å². The van der Waals surface area contributed by atoms with Crippen molar-refractivity contribution in [3.8, 4) is 17.2 Å². The third kappa shape index (κ3) is 5.01. The molecule has 7 heteroatoms. The Morgan fingerprint density at radius 3 is 2.52 bits per heavy atom. The zero-order chi connectivity index (χ0) is 19.2. The van der Waals surface area contributed by atoms with Crippen molar-refractivity contribution in [2.24, 2.45) is 0 Å². The van der Waals surface area contributed by atoms with Crippen LogP contribution in [0, 0.1) is 6.92 Å². The summed E-state index contributed by atoms with van der Waals surface area (Å²) < 4.78 is 11.2. The number of ether oxygens (including phenoxy) is 1. The van der Waals surface area contributed by atoms with Gasteiger partial charge in [-0.05, 0) is 62.4 Å². The number of anilines is 1. The van der Waals surface area contributed by atoms with E-state index in [0.29, 0.717) is 34.7 Å². The molecule has 3 aromatic rings. The van der Waals surface area contributed by atoms with Gasteiger partial charge in [-0.2, -0.15) is 0 Å². The van der Waals surface area contributed by atoms with Gasteiger partial charge in [0.2, 0.25) is 5.89 Å². The number of carbonyl (C=O) groups excluding carboxylic acids is 1. The van der Waals surface area contributed by atoms with E-state index in [1.54, 1.807) is 24.3 Å². The second-order valence-corrected chi connectivity index (χ2v) is 6.23. The maximum atomic E-state index is 12.0. The van der Waals surface area contributed by atoms with Crippen molar-refractivity contribution in [2.75, 3.05) is 11.9 Å². The van der Waals surface area contributed by atoms with Crippen LogP contribution in [-0.2, 0) is 6.54 Å². The molecule has 0 atom stereocenters. The van der Waals surface area contributed by atoms with Crippen molar-refractivity contribution in [3.05, 3.63) is 65.0 Å². The molecule has 2 amide bonds. The molecule has 0 radical (unpaired) electrons. The Kier molecular flexibility index (Phi) is 5.98. The molecular weight excluding hydrogens is 366 g/mol. The van der Waals surface area contributed by atoms with Crippen molar-refractivity contribution in [1.82, 2.24) is 10.3 Å². The molecule has 0 saturated heterocycles. The van der Waals surface area contributed by atoms with Crippen LogP contribution >= 0.6 is 11.6 Å². The van der Waals surface area contributed by atoms with Gasteiger partial charge < -0.3 is 19.8 Å². The molecule has 6 nitrogen and oxygen atoms in total. The first-order valence-electron chi connectivity index (χ1n) is 8.55. The van der Waals surface area contributed by atoms with E-state index in [9.17, 15) is 4.79 Å². The van der Waals surface area contributed by atoms with E-state index in [4.69, 9.17) is 20.8 Å². The standard InChI is InChI=1S/C20H20ClN3O3/c1-3-26-17-10-4-14(5-11-17)19-24-18(13(2)27-19)12-22-20(25)23-16-8-6-15(21)7-9-16/h4-11H,3,12H2,1-2H3,(H2,22,23,25). The Balaban J connectivity index is 1.60. The Morgan fingerprint density at radius 1 is 1.15 bits per heavy atom. The van der Waals surface area contributed by atoms with Crippen LogP contribution in [-0.4, -0.2) is 17.6 Å². The van der Waals surface area contributed by atoms with E-state index in [2.05, 4.69) is 15.6 Å². The minimum atomic E-state index is -0.331. The van der Waals surface area contributed by atoms with Crippen molar-refractivity contribution in [3.63, 3.8) is 0 Å². The van der Waals surface area contributed by atoms with Gasteiger partial charge in [-0.1, -0.05) is 11.6 Å². The molecule has 0 spiro atoms. The van der Waals surface area contributed by atoms with Gasteiger partial charge in [-0.3, -0.25) is 0 Å². The predicted octanol–water partition coefficient (Wildman–Crippen LogP) is 5.02. The fourth-order valence-corrected chi connectivity index (χ4v) is 2.57. The molecule has 0 unspecified atom stereocenters. The van der Waals surface area contributed by atoms with Crippen LogP contribution in [0.1, 0.15) is 18.4 Å². The van der Waals surface area contributed by atoms with Crippen LogP contribution in [0.15, 0.2) is 52.9 Å². The molecular formula is C20H20ClN3O3. The van der Waals surface area contributed by atoms with Gasteiger partial charge in [0.15, 0.2) is 0 Å². The average Bonchev–Trinajstić information content (AvgIpc) is 3.04. The van der Waals surface area contributed by atoms with Crippen molar-refractivity contribution in [2.45, 2.75) is 20.4 Å². The fourth-order valence-electron chi connectivity index (χ4n) is 2.45. The van der Waals surface area contributed by atoms with Crippen molar-refractivity contribution in [1.29, 1.82) is 0 Å². The topological polar surface area (TPSA) is 76.4 Å². The lowest BCUT2D eigenvalue weighted by Gasteiger charge is -2.06. The first kappa shape index (κ1) is 18.8. The van der Waals surface area contributed by atoms with Gasteiger partial charge in [-0.25, -0.2) is 9.78 Å². The van der Waals surface area contributed by atoms with Crippen molar-refractivity contribution >= 4 is 23.3 Å². The maximum absolute atomic E-state index is 12.0. The van der Waals surface area contributed by atoms with Gasteiger partial charge in [0.05, 0.1) is 13.2 Å². The number of hydrogen-bond acceptors (Lipinski definition) is 4. The number of aryl methyl sites for hydroxylation is 1. The van der Waals surface area contributed by atoms with E-state index in [0.717, 1.165) is 11.3 Å². The highest BCUT2D eigenvalue weighted by Crippen LogP contribution is 2.24. The molecule has 0 aliphatic rings. The molecule has 27 heavy (non-hydrogen) atoms. The second kappa shape index (κ2) is 8.60. The SMILES string of the molecule is CCOc1ccc(-c2nc(CNC(=O)Nc3ccc(Cl)cc3)c(C)o2)cc1. The van der Waals surface area contributed by atoms with Gasteiger partial charge in [-0.15, -0.1) is 0 Å². The Labute approximate surface area is 162 Å². The average molecular weight is 386 g/mol. The van der Waals surface area contributed by atoms with E-state index in [-0.39, 0.29) is 12.6 Å². The fraction of sp³-hybridized carbons (Fsp3) is 0.200. The zero-order valence-electron chi connectivity index (χ0n) is 15.1. The Morgan fingerprint density at radius 2 is 1.85 bits per heavy atom. The number of hydrogen-bond donors (Lipinski definition) is 2. The predicted molar refractivity (Wildman–Crippen MR) is 105 cm³/mol. The number of oxazole rings is 1. The van der Waals surface area contributed by atoms with Crippen LogP contribution in [0.5, 0.6) is 5.75 Å². The number of halogens is 1. The number of nitrogens with one attached hydrogen (secondary N) is 2. The molecule has 0 fully saturated rings. The van der Waals surface area contributed by atoms with Gasteiger partial charge >= 0.3 is 6.03 Å². The highest BCUT2D eigenvalue weighted by molar-refractivity contribution is 6.30. The van der Waals surface area contributed by atoms with E-state index >= 15 is 0 Å². The van der Waals surface area contributed by atoms with Crippen LogP contribution in [0.4, 0.5) is 10.5 Å². The first-order chi connectivity index (χ1) is 13.0. The van der Waals surface area contributed by atoms with Crippen LogP contribution in [0.2, 0.25) is 5.02 Å². The summed E-state index contributed by atoms with van der Waals surface area (Å²) in [5.74, 6) is 1.96. The lowest BCUT2D eigenvalue weighted by atomic mass is 10.2. The molecule has 1 heterocycles. The number of aromatic nitrogens is 1. The number of urea groups is 1. The maximum Gasteiger partial charge on any atom is 0.319 e. The molecule has 1 aromatic heterocycles. The molecule has 0 aliphatic carbocycles. The van der Waals surface area contributed by atoms with Gasteiger partial charge in [0.1, 0.15) is 17.2 Å². The molecule has 3 rings (SSSR count). The molecule has 2 N–H and O–H groups in total. The van der Waals surface area contributed by atoms with Crippen molar-refractivity contribution < 1.29 is 13.9 Å². The van der Waals surface area contributed by atoms with E-state index in [1.807, 2.05) is 38.1 Å². The summed E-state index contributed by atoms with van der Waals surface area (Å²) in [6.07, 6.45) is 0. The number of carbonyl (C=O) groups is 1. The summed E-state index contributed by atoms with van der Waals surface area (Å²) in [5, 5.41) is 6.11. The Bertz CT molecular complexity index is 905. The normalized spacial score (nSPS) is 10.5. The highest BCUT2D eigenvalue weighted by atomic mass is 35.5. The molecule has 2 aromatic carbocycles. The summed E-state index contributed by atoms with van der Waals surface area (Å²) in [7, 11) is 0. The third-order valence-electron chi connectivity index (χ3n) is 3.82. The smallest absolute Gasteiger partial charge is 0.319 e. The van der Waals surface area contributed by atoms with Crippen LogP contribution in [0.25, 0.3) is 11.5 Å². The molecule has 0 aliphatic heterocycles. The van der Waals surface area contributed by atoms with E-state index in [1.165, 1.54) is 0 Å². The third-order valence-corrected chi connectivity index (χ3v) is 4.08. The number of amides is 2. The minimum Gasteiger partial charge on any atom is -0.494 e. The summed E-state index contributed by atoms with van der Waals surface area (Å²) >= 11 is 5.83. The summed E-state index contributed by atoms with van der Waals surface area (Å²) in [4.78, 5) is 16.5. The summed E-state index contributed by atoms with van der Waals surface area (Å²) in [6.45, 7) is 4.63. The monoisotopic (exact) mass is 385 g/mol. The van der Waals surface area contributed by atoms with E-state index < -0.39 is 0 Å². The lowest BCUT2D eigenvalue weighted by Crippen LogP contribution is -2.28. The molecule has 0 bridgehead atoms. The second-order valence-electron chi connectivity index (χ2n) is 5.79. The zero-order valence-corrected chi connectivity index (χ0v) is 15.8. The largest absolute Gasteiger partial charge is 0.494 e. The number of nitrogens with zero attached hydrogens (tertiary/aromatic N) is 1. The molecule has 140 valence electrons. The van der Waals surface area contributed by atoms with Gasteiger partial charge in [0, 0.05) is 16.3 Å². The summed E-state index contributed by atoms with van der Waals surface area (Å²) in [6, 6.07) is 14.1. The first-order valence-corrected chi connectivity index (χ1v) is 8.93. The summed E-state index contributed by atoms with van der Waals surface area (Å²) in [5.41, 5.74) is 2.17. The highest BCUT2D eigenvalue weighted by Gasteiger charge is 2.12. The molecule has 0 saturated carbocycles. The minimum absolute atomic E-state index is 0.256. The lowest BCUT2D eigenvalue weighted by molar-refractivity contribution is 0.251. The number of benzene rings is 2. The quantitative estimate of drug-likeness (QED) is 0.624. The van der Waals surface area contributed by atoms with Crippen LogP contribution < -0.4 is 15.4 Å². The van der Waals surface area contributed by atoms with Gasteiger partial charge in [0.25, 0.3) is 0 Å². The Hall–Kier alpha value is -2.99.